The van der Waals surface area contributed by atoms with Gasteiger partial charge in [0.1, 0.15) is 5.75 Å². The van der Waals surface area contributed by atoms with E-state index in [2.05, 4.69) is 10.0 Å². The lowest BCUT2D eigenvalue weighted by Crippen LogP contribution is -3.00. The Kier molecular flexibility index (Phi) is 7.29. The van der Waals surface area contributed by atoms with Gasteiger partial charge in [0.05, 0.1) is 18.0 Å². The molecule has 116 valence electrons. The Balaban J connectivity index is 0. The van der Waals surface area contributed by atoms with Gasteiger partial charge in [-0.05, 0) is 17.7 Å². The average Bonchev–Trinajstić information content (AvgIpc) is 2.27. The largest absolute Gasteiger partial charge is 1.00 e. The number of aliphatic hydroxyl groups excluding tert-OH is 1. The number of sulfonamides is 1. The minimum atomic E-state index is -3.48. The molecule has 0 bridgehead atoms. The first-order valence-electron chi connectivity index (χ1n) is 5.91. The summed E-state index contributed by atoms with van der Waals surface area (Å²) in [4.78, 5) is 0. The number of rotatable bonds is 6. The molecule has 20 heavy (non-hydrogen) atoms. The maximum absolute atomic E-state index is 11.2. The number of hydrogen-bond donors (Lipinski definition) is 4. The third-order valence-corrected chi connectivity index (χ3v) is 3.01. The first kappa shape index (κ1) is 19.0. The predicted octanol–water partition coefficient (Wildman–Crippen LogP) is -2.09. The predicted molar refractivity (Wildman–Crippen MR) is 75.8 cm³/mol. The summed E-state index contributed by atoms with van der Waals surface area (Å²) < 4.78 is 24.5. The molecule has 6 nitrogen and oxygen atoms in total. The second-order valence-electron chi connectivity index (χ2n) is 4.73. The lowest BCUT2D eigenvalue weighted by atomic mass is 10.1. The molecule has 0 aliphatic carbocycles. The van der Waals surface area contributed by atoms with Gasteiger partial charge in [-0.25, -0.2) is 8.42 Å². The van der Waals surface area contributed by atoms with Crippen molar-refractivity contribution in [3.63, 3.8) is 0 Å². The number of phenols is 1. The van der Waals surface area contributed by atoms with Crippen molar-refractivity contribution in [2.45, 2.75) is 26.0 Å². The van der Waals surface area contributed by atoms with Gasteiger partial charge in [-0.1, -0.05) is 19.9 Å². The van der Waals surface area contributed by atoms with Crippen molar-refractivity contribution in [2.24, 2.45) is 0 Å². The van der Waals surface area contributed by atoms with Gasteiger partial charge in [0, 0.05) is 12.6 Å². The Labute approximate surface area is 127 Å². The molecule has 1 aromatic carbocycles. The summed E-state index contributed by atoms with van der Waals surface area (Å²) in [6.07, 6.45) is 0.221. The number of hydrogen-bond acceptors (Lipinski definition) is 5. The van der Waals surface area contributed by atoms with Gasteiger partial charge in [0.15, 0.2) is 0 Å². The molecule has 0 radical (unpaired) electrons. The molecule has 0 aromatic heterocycles. The highest BCUT2D eigenvalue weighted by Crippen LogP contribution is 2.27. The first-order chi connectivity index (χ1) is 8.69. The minimum absolute atomic E-state index is 0. The summed E-state index contributed by atoms with van der Waals surface area (Å²) >= 11 is 0. The van der Waals surface area contributed by atoms with Gasteiger partial charge in [-0.3, -0.25) is 4.72 Å². The van der Waals surface area contributed by atoms with E-state index in [1.807, 2.05) is 13.8 Å². The summed E-state index contributed by atoms with van der Waals surface area (Å²) in [7, 11) is -3.48. The van der Waals surface area contributed by atoms with Crippen LogP contribution in [0.3, 0.4) is 0 Å². The van der Waals surface area contributed by atoms with Crippen LogP contribution in [0.1, 0.15) is 26.9 Å². The van der Waals surface area contributed by atoms with E-state index in [0.29, 0.717) is 12.1 Å². The van der Waals surface area contributed by atoms with Crippen molar-refractivity contribution in [3.8, 4) is 5.75 Å². The zero-order valence-electron chi connectivity index (χ0n) is 12.6. The Morgan fingerprint density at radius 1 is 1.35 bits per heavy atom. The lowest BCUT2D eigenvalue weighted by molar-refractivity contribution is -0.00000915. The molecule has 0 saturated carbocycles. The second kappa shape index (κ2) is 7.68. The molecule has 0 aliphatic rings. The van der Waals surface area contributed by atoms with E-state index >= 15 is 0 Å². The van der Waals surface area contributed by atoms with Crippen molar-refractivity contribution < 1.29 is 32.5 Å². The summed E-state index contributed by atoms with van der Waals surface area (Å²) in [5, 5.41) is 22.6. The molecule has 1 atom stereocenters. The van der Waals surface area contributed by atoms with Crippen LogP contribution in [-0.4, -0.2) is 37.5 Å². The number of nitrogens with one attached hydrogen (secondary N) is 2. The van der Waals surface area contributed by atoms with E-state index in [9.17, 15) is 18.6 Å². The van der Waals surface area contributed by atoms with E-state index in [0.717, 1.165) is 6.26 Å². The van der Waals surface area contributed by atoms with Crippen molar-refractivity contribution in [1.82, 2.24) is 5.32 Å². The zero-order chi connectivity index (χ0) is 14.6. The van der Waals surface area contributed by atoms with Gasteiger partial charge in [-0.2, -0.15) is 0 Å². The van der Waals surface area contributed by atoms with Gasteiger partial charge in [0.2, 0.25) is 10.0 Å². The molecule has 8 heteroatoms. The minimum Gasteiger partial charge on any atom is -1.00 e. The fourth-order valence-electron chi connectivity index (χ4n) is 1.51. The molecule has 1 unspecified atom stereocenters. The van der Waals surface area contributed by atoms with Crippen LogP contribution in [0.25, 0.3) is 0 Å². The fraction of sp³-hybridized carbons (Fsp3) is 0.500. The Hall–Kier alpha value is -1.02. The maximum atomic E-state index is 11.2. The third-order valence-electron chi connectivity index (χ3n) is 2.42. The molecule has 0 amide bonds. The van der Waals surface area contributed by atoms with Crippen LogP contribution in [0.2, 0.25) is 0 Å². The molecule has 0 spiro atoms. The van der Waals surface area contributed by atoms with Gasteiger partial charge < -0.3 is 27.9 Å². The number of halogens is 1. The van der Waals surface area contributed by atoms with Crippen LogP contribution in [0.4, 0.5) is 5.69 Å². The molecule has 0 heterocycles. The number of phenolic OH excluding ortho intramolecular Hbond substituents is 1. The highest BCUT2D eigenvalue weighted by atomic mass is 35.5. The van der Waals surface area contributed by atoms with Crippen LogP contribution in [0.5, 0.6) is 5.75 Å². The second-order valence-corrected chi connectivity index (χ2v) is 6.48. The van der Waals surface area contributed by atoms with Crippen LogP contribution in [0.15, 0.2) is 18.2 Å². The third kappa shape index (κ3) is 6.42. The zero-order valence-corrected chi connectivity index (χ0v) is 13.2. The molecule has 0 aliphatic heterocycles. The Morgan fingerprint density at radius 3 is 2.45 bits per heavy atom. The monoisotopic (exact) mass is 324 g/mol. The highest BCUT2D eigenvalue weighted by molar-refractivity contribution is 7.92. The van der Waals surface area contributed by atoms with Crippen molar-refractivity contribution in [1.29, 1.82) is 0 Å². The van der Waals surface area contributed by atoms with E-state index in [1.165, 1.54) is 12.1 Å². The van der Waals surface area contributed by atoms with E-state index < -0.39 is 16.1 Å². The molecule has 0 saturated heterocycles. The molecule has 4 N–H and O–H groups in total. The van der Waals surface area contributed by atoms with Crippen LogP contribution in [-0.2, 0) is 10.0 Å². The van der Waals surface area contributed by atoms with Crippen LogP contribution >= 0.6 is 0 Å². The molecular formula is C12H21ClN2O4S. The summed E-state index contributed by atoms with van der Waals surface area (Å²) in [5.74, 6) is -0.182. The first-order valence-corrected chi connectivity index (χ1v) is 7.80. The van der Waals surface area contributed by atoms with E-state index in [-0.39, 0.29) is 31.3 Å². The van der Waals surface area contributed by atoms with Gasteiger partial charge in [-0.15, -0.1) is 0 Å². The van der Waals surface area contributed by atoms with Crippen LogP contribution in [0, 0.1) is 0 Å². The van der Waals surface area contributed by atoms with Crippen LogP contribution < -0.4 is 22.4 Å². The summed E-state index contributed by atoms with van der Waals surface area (Å²) in [5.41, 5.74) is 0.584. The normalized spacial score (nSPS) is 12.8. The Morgan fingerprint density at radius 2 is 1.95 bits per heavy atom. The van der Waals surface area contributed by atoms with E-state index in [1.54, 1.807) is 6.07 Å². The lowest BCUT2D eigenvalue weighted by Gasteiger charge is -2.16. The molecular weight excluding hydrogens is 304 g/mol. The SMILES string of the molecule is CC(C)NCC(O)c1ccc(O)c(NS(C)(=O)=O)c1.[Cl-].[H+]. The number of benzene rings is 1. The molecule has 1 rings (SSSR count). The summed E-state index contributed by atoms with van der Waals surface area (Å²) in [6, 6.07) is 4.56. The maximum Gasteiger partial charge on any atom is 1.00 e. The average molecular weight is 325 g/mol. The molecule has 1 aromatic rings. The topological polar surface area (TPSA) is 98.7 Å². The standard InChI is InChI=1S/C12H20N2O4S.ClH/c1-8(2)13-7-12(16)9-4-5-11(15)10(6-9)14-19(3,17)18;/h4-6,8,12-16H,7H2,1-3H3;1H. The van der Waals surface area contributed by atoms with Gasteiger partial charge in [0.25, 0.3) is 0 Å². The quantitative estimate of drug-likeness (QED) is 0.450. The van der Waals surface area contributed by atoms with Crippen molar-refractivity contribution in [3.05, 3.63) is 23.8 Å². The van der Waals surface area contributed by atoms with Crippen molar-refractivity contribution in [2.75, 3.05) is 17.5 Å². The highest BCUT2D eigenvalue weighted by Gasteiger charge is 2.13. The fourth-order valence-corrected chi connectivity index (χ4v) is 2.07. The number of anilines is 1. The van der Waals surface area contributed by atoms with E-state index in [4.69, 9.17) is 0 Å². The van der Waals surface area contributed by atoms with Gasteiger partial charge >= 0.3 is 1.43 Å². The number of aliphatic hydroxyl groups is 1. The molecule has 0 fully saturated rings. The summed E-state index contributed by atoms with van der Waals surface area (Å²) in [6.45, 7) is 4.27. The van der Waals surface area contributed by atoms with Crippen molar-refractivity contribution >= 4 is 15.7 Å². The Bertz CT molecular complexity index is 540. The smallest absolute Gasteiger partial charge is 1.00 e. The number of aromatic hydroxyl groups is 1.